The second-order valence-corrected chi connectivity index (χ2v) is 9.08. The van der Waals surface area contributed by atoms with Crippen LogP contribution in [0.15, 0.2) is 11.6 Å². The van der Waals surface area contributed by atoms with Crippen LogP contribution in [-0.2, 0) is 19.0 Å². The van der Waals surface area contributed by atoms with Crippen molar-refractivity contribution in [3.63, 3.8) is 0 Å². The number of rotatable bonds is 3. The molecule has 26 heavy (non-hydrogen) atoms. The van der Waals surface area contributed by atoms with Gasteiger partial charge in [-0.15, -0.1) is 11.3 Å². The quantitative estimate of drug-likeness (QED) is 0.800. The summed E-state index contributed by atoms with van der Waals surface area (Å²) in [5, 5.41) is 7.94. The van der Waals surface area contributed by atoms with Crippen molar-refractivity contribution in [3.8, 4) is 0 Å². The van der Waals surface area contributed by atoms with E-state index in [4.69, 9.17) is 16.6 Å². The van der Waals surface area contributed by atoms with E-state index in [2.05, 4.69) is 36.1 Å². The Hall–Kier alpha value is -1.44. The Morgan fingerprint density at radius 3 is 2.65 bits per heavy atom. The van der Waals surface area contributed by atoms with E-state index in [0.717, 1.165) is 38.3 Å². The molecule has 0 aromatic carbocycles. The maximum atomic E-state index is 12.7. The van der Waals surface area contributed by atoms with Crippen molar-refractivity contribution in [2.75, 3.05) is 26.2 Å². The summed E-state index contributed by atoms with van der Waals surface area (Å²) >= 11 is 7.86. The van der Waals surface area contributed by atoms with E-state index in [0.29, 0.717) is 17.3 Å². The predicted molar refractivity (Wildman–Crippen MR) is 105 cm³/mol. The van der Waals surface area contributed by atoms with Crippen LogP contribution in [0.3, 0.4) is 0 Å². The Bertz CT molecular complexity index is 779. The van der Waals surface area contributed by atoms with E-state index < -0.39 is 0 Å². The maximum Gasteiger partial charge on any atom is 0.275 e. The number of carbonyl (C=O) groups excluding carboxylic acids is 1. The number of thiazole rings is 1. The monoisotopic (exact) mass is 395 g/mol. The Balaban J connectivity index is 1.60. The minimum absolute atomic E-state index is 0.0823. The normalized spacial score (nSPS) is 16.7. The topological polar surface area (TPSA) is 54.3 Å². The fraction of sp³-hybridized carbons (Fsp3) is 0.611. The molecule has 1 saturated heterocycles. The van der Waals surface area contributed by atoms with Gasteiger partial charge in [-0.2, -0.15) is 5.10 Å². The number of halogens is 1. The Labute approximate surface area is 163 Å². The van der Waals surface area contributed by atoms with Crippen molar-refractivity contribution in [3.05, 3.63) is 33.0 Å². The summed E-state index contributed by atoms with van der Waals surface area (Å²) < 4.78 is 1.58. The average molecular weight is 396 g/mol. The third kappa shape index (κ3) is 4.45. The predicted octanol–water partition coefficient (Wildman–Crippen LogP) is 3.18. The third-order valence-electron chi connectivity index (χ3n) is 4.44. The first kappa shape index (κ1) is 19.3. The molecule has 0 radical (unpaired) electrons. The zero-order valence-corrected chi connectivity index (χ0v) is 17.4. The van der Waals surface area contributed by atoms with Crippen LogP contribution in [0.5, 0.6) is 0 Å². The summed E-state index contributed by atoms with van der Waals surface area (Å²) in [5.74, 6) is -0.0823. The van der Waals surface area contributed by atoms with E-state index in [1.807, 2.05) is 4.90 Å². The van der Waals surface area contributed by atoms with Crippen LogP contribution in [-0.4, -0.2) is 56.7 Å². The highest BCUT2D eigenvalue weighted by atomic mass is 35.5. The molecule has 0 spiro atoms. The van der Waals surface area contributed by atoms with Gasteiger partial charge in [0, 0.05) is 56.8 Å². The van der Waals surface area contributed by atoms with Crippen molar-refractivity contribution in [2.24, 2.45) is 7.05 Å². The maximum absolute atomic E-state index is 12.7. The van der Waals surface area contributed by atoms with E-state index in [1.165, 1.54) is 5.01 Å². The van der Waals surface area contributed by atoms with Gasteiger partial charge in [0.25, 0.3) is 5.91 Å². The largest absolute Gasteiger partial charge is 0.336 e. The number of carbonyl (C=O) groups is 1. The molecular formula is C18H26ClN5OS. The number of nitrogens with zero attached hydrogens (tertiary/aromatic N) is 5. The lowest BCUT2D eigenvalue weighted by Gasteiger charge is -2.21. The SMILES string of the molecule is Cn1cc(Cl)c(C(=O)N2CCCN(Cc3csc(C(C)(C)C)n3)CC2)n1. The van der Waals surface area contributed by atoms with E-state index in [1.54, 1.807) is 29.3 Å². The van der Waals surface area contributed by atoms with Gasteiger partial charge in [-0.3, -0.25) is 14.4 Å². The van der Waals surface area contributed by atoms with Crippen molar-refractivity contribution in [1.82, 2.24) is 24.6 Å². The standard InChI is InChI=1S/C18H26ClN5OS/c1-18(2,3)17-20-13(12-26-17)10-23-6-5-7-24(9-8-23)16(25)15-14(19)11-22(4)21-15/h11-12H,5-10H2,1-4H3. The molecule has 1 aliphatic rings. The summed E-state index contributed by atoms with van der Waals surface area (Å²) in [6.07, 6.45) is 2.60. The highest BCUT2D eigenvalue weighted by Crippen LogP contribution is 2.26. The second-order valence-electron chi connectivity index (χ2n) is 7.82. The van der Waals surface area contributed by atoms with Crippen molar-refractivity contribution < 1.29 is 4.79 Å². The van der Waals surface area contributed by atoms with Crippen LogP contribution in [0.4, 0.5) is 0 Å². The highest BCUT2D eigenvalue weighted by Gasteiger charge is 2.25. The summed E-state index contributed by atoms with van der Waals surface area (Å²) in [6, 6.07) is 0. The minimum Gasteiger partial charge on any atom is -0.336 e. The van der Waals surface area contributed by atoms with Crippen molar-refractivity contribution >= 4 is 28.8 Å². The van der Waals surface area contributed by atoms with Crippen LogP contribution in [0.1, 0.15) is 48.4 Å². The van der Waals surface area contributed by atoms with Crippen molar-refractivity contribution in [2.45, 2.75) is 39.2 Å². The third-order valence-corrected chi connectivity index (χ3v) is 6.03. The molecule has 142 valence electrons. The smallest absolute Gasteiger partial charge is 0.275 e. The molecule has 2 aromatic heterocycles. The van der Waals surface area contributed by atoms with Gasteiger partial charge in [0.2, 0.25) is 0 Å². The lowest BCUT2D eigenvalue weighted by Crippen LogP contribution is -2.35. The first-order chi connectivity index (χ1) is 12.2. The zero-order valence-electron chi connectivity index (χ0n) is 15.8. The molecule has 0 N–H and O–H groups in total. The molecule has 8 heteroatoms. The molecule has 0 atom stereocenters. The van der Waals surface area contributed by atoms with Crippen molar-refractivity contribution in [1.29, 1.82) is 0 Å². The first-order valence-corrected chi connectivity index (χ1v) is 10.2. The number of aryl methyl sites for hydroxylation is 1. The van der Waals surface area contributed by atoms with Crippen LogP contribution in [0.25, 0.3) is 0 Å². The molecule has 6 nitrogen and oxygen atoms in total. The van der Waals surface area contributed by atoms with Crippen LogP contribution in [0.2, 0.25) is 5.02 Å². The molecule has 1 aliphatic heterocycles. The number of amides is 1. The molecule has 2 aromatic rings. The van der Waals surface area contributed by atoms with Gasteiger partial charge >= 0.3 is 0 Å². The summed E-state index contributed by atoms with van der Waals surface area (Å²) in [5.41, 5.74) is 1.55. The van der Waals surface area contributed by atoms with Gasteiger partial charge in [0.15, 0.2) is 5.69 Å². The van der Waals surface area contributed by atoms with E-state index >= 15 is 0 Å². The van der Waals surface area contributed by atoms with Crippen LogP contribution in [0, 0.1) is 0 Å². The molecule has 0 aliphatic carbocycles. The van der Waals surface area contributed by atoms with Gasteiger partial charge in [-0.25, -0.2) is 4.98 Å². The Kier molecular flexibility index (Phi) is 5.69. The van der Waals surface area contributed by atoms with E-state index in [-0.39, 0.29) is 11.3 Å². The number of aromatic nitrogens is 3. The van der Waals surface area contributed by atoms with Gasteiger partial charge in [0.1, 0.15) is 0 Å². The number of hydrogen-bond acceptors (Lipinski definition) is 5. The molecule has 1 amide bonds. The molecule has 0 bridgehead atoms. The lowest BCUT2D eigenvalue weighted by molar-refractivity contribution is 0.0754. The van der Waals surface area contributed by atoms with Crippen LogP contribution < -0.4 is 0 Å². The molecule has 0 saturated carbocycles. The summed E-state index contributed by atoms with van der Waals surface area (Å²) in [7, 11) is 1.77. The summed E-state index contributed by atoms with van der Waals surface area (Å²) in [4.78, 5) is 21.7. The minimum atomic E-state index is -0.0823. The molecular weight excluding hydrogens is 370 g/mol. The average Bonchev–Trinajstić information content (AvgIpc) is 3.07. The Morgan fingerprint density at radius 2 is 2.04 bits per heavy atom. The zero-order chi connectivity index (χ0) is 18.9. The van der Waals surface area contributed by atoms with Gasteiger partial charge in [-0.05, 0) is 6.42 Å². The fourth-order valence-corrected chi connectivity index (χ4v) is 4.20. The lowest BCUT2D eigenvalue weighted by atomic mass is 9.98. The molecule has 3 heterocycles. The van der Waals surface area contributed by atoms with Gasteiger partial charge in [-0.1, -0.05) is 32.4 Å². The molecule has 0 unspecified atom stereocenters. The highest BCUT2D eigenvalue weighted by molar-refractivity contribution is 7.09. The molecule has 3 rings (SSSR count). The van der Waals surface area contributed by atoms with Crippen LogP contribution >= 0.6 is 22.9 Å². The van der Waals surface area contributed by atoms with E-state index in [9.17, 15) is 4.79 Å². The Morgan fingerprint density at radius 1 is 1.27 bits per heavy atom. The van der Waals surface area contributed by atoms with Gasteiger partial charge in [0.05, 0.1) is 15.7 Å². The summed E-state index contributed by atoms with van der Waals surface area (Å²) in [6.45, 7) is 10.6. The first-order valence-electron chi connectivity index (χ1n) is 8.89. The number of hydrogen-bond donors (Lipinski definition) is 0. The molecule has 1 fully saturated rings. The fourth-order valence-electron chi connectivity index (χ4n) is 3.04. The second kappa shape index (κ2) is 7.66. The van der Waals surface area contributed by atoms with Gasteiger partial charge < -0.3 is 4.90 Å².